The summed E-state index contributed by atoms with van der Waals surface area (Å²) < 4.78 is 17.3. The van der Waals surface area contributed by atoms with E-state index in [1.807, 2.05) is 23.1 Å². The first-order chi connectivity index (χ1) is 14.1. The van der Waals surface area contributed by atoms with Crippen molar-refractivity contribution in [1.29, 1.82) is 0 Å². The van der Waals surface area contributed by atoms with E-state index in [9.17, 15) is 9.18 Å². The van der Waals surface area contributed by atoms with Crippen molar-refractivity contribution < 1.29 is 9.18 Å². The Morgan fingerprint density at radius 1 is 1.10 bits per heavy atom. The third-order valence-corrected chi connectivity index (χ3v) is 6.55. The first-order valence-corrected chi connectivity index (χ1v) is 11.3. The fourth-order valence-corrected chi connectivity index (χ4v) is 4.95. The van der Waals surface area contributed by atoms with Gasteiger partial charge in [-0.1, -0.05) is 46.3 Å². The number of likely N-dealkylation sites (tertiary alicyclic amines) is 1. The normalized spacial score (nSPS) is 14.8. The van der Waals surface area contributed by atoms with Gasteiger partial charge in [-0.3, -0.25) is 4.79 Å². The lowest BCUT2D eigenvalue weighted by molar-refractivity contribution is -0.127. The van der Waals surface area contributed by atoms with Gasteiger partial charge in [-0.15, -0.1) is 11.3 Å². The van der Waals surface area contributed by atoms with Crippen molar-refractivity contribution in [2.45, 2.75) is 25.8 Å². The fraction of sp³-hybridized carbons (Fsp3) is 0.273. The molecule has 1 aliphatic rings. The van der Waals surface area contributed by atoms with Gasteiger partial charge < -0.3 is 9.47 Å². The lowest BCUT2D eigenvalue weighted by atomic mass is 10.2. The van der Waals surface area contributed by atoms with Gasteiger partial charge >= 0.3 is 0 Å². The van der Waals surface area contributed by atoms with Gasteiger partial charge in [0.15, 0.2) is 4.80 Å². The summed E-state index contributed by atoms with van der Waals surface area (Å²) in [6, 6.07) is 14.6. The van der Waals surface area contributed by atoms with Gasteiger partial charge in [-0.2, -0.15) is 0 Å². The van der Waals surface area contributed by atoms with Crippen molar-refractivity contribution in [3.63, 3.8) is 0 Å². The summed E-state index contributed by atoms with van der Waals surface area (Å²) in [6.07, 6.45) is 2.42. The second kappa shape index (κ2) is 9.05. The molecule has 2 aromatic carbocycles. The van der Waals surface area contributed by atoms with E-state index in [1.165, 1.54) is 17.4 Å². The number of hydrogen-bond acceptors (Lipinski definition) is 3. The highest BCUT2D eigenvalue weighted by molar-refractivity contribution is 9.10. The van der Waals surface area contributed by atoms with E-state index in [0.717, 1.165) is 46.5 Å². The largest absolute Gasteiger partial charge is 0.343 e. The number of benzene rings is 2. The predicted octanol–water partition coefficient (Wildman–Crippen LogP) is 5.36. The SMILES string of the molecule is O=C1CCCN1CCCn1c(-c2ccccc2Br)csc1=Nc1ccccc1F. The Morgan fingerprint density at radius 3 is 2.66 bits per heavy atom. The molecule has 1 fully saturated rings. The van der Waals surface area contributed by atoms with Crippen LogP contribution in [0.2, 0.25) is 0 Å². The number of hydrogen-bond donors (Lipinski definition) is 0. The zero-order valence-electron chi connectivity index (χ0n) is 15.9. The molecule has 1 aromatic heterocycles. The highest BCUT2D eigenvalue weighted by Crippen LogP contribution is 2.29. The van der Waals surface area contributed by atoms with Crippen LogP contribution in [0.1, 0.15) is 19.3 Å². The quantitative estimate of drug-likeness (QED) is 0.474. The van der Waals surface area contributed by atoms with Crippen molar-refractivity contribution in [1.82, 2.24) is 9.47 Å². The van der Waals surface area contributed by atoms with Crippen LogP contribution in [-0.2, 0) is 11.3 Å². The van der Waals surface area contributed by atoms with Crippen molar-refractivity contribution >= 4 is 38.9 Å². The van der Waals surface area contributed by atoms with Crippen LogP contribution in [0.3, 0.4) is 0 Å². The molecule has 3 aromatic rings. The molecule has 0 radical (unpaired) electrons. The molecule has 150 valence electrons. The van der Waals surface area contributed by atoms with E-state index in [-0.39, 0.29) is 11.7 Å². The van der Waals surface area contributed by atoms with E-state index >= 15 is 0 Å². The van der Waals surface area contributed by atoms with Gasteiger partial charge in [-0.25, -0.2) is 9.38 Å². The molecule has 2 heterocycles. The van der Waals surface area contributed by atoms with E-state index in [1.54, 1.807) is 18.2 Å². The minimum absolute atomic E-state index is 0.239. The fourth-order valence-electron chi connectivity index (χ4n) is 3.53. The van der Waals surface area contributed by atoms with Crippen molar-refractivity contribution in [2.24, 2.45) is 4.99 Å². The molecule has 0 aliphatic carbocycles. The Morgan fingerprint density at radius 2 is 1.90 bits per heavy atom. The number of aromatic nitrogens is 1. The molecule has 1 amide bonds. The number of thiazole rings is 1. The molecule has 0 unspecified atom stereocenters. The smallest absolute Gasteiger partial charge is 0.222 e. The second-order valence-corrected chi connectivity index (χ2v) is 8.63. The maximum atomic E-state index is 14.2. The van der Waals surface area contributed by atoms with E-state index in [0.29, 0.717) is 18.7 Å². The number of carbonyl (C=O) groups is 1. The van der Waals surface area contributed by atoms with Crippen LogP contribution in [0.5, 0.6) is 0 Å². The number of rotatable bonds is 6. The Hall–Kier alpha value is -2.25. The maximum absolute atomic E-state index is 14.2. The zero-order valence-corrected chi connectivity index (χ0v) is 18.3. The standard InChI is InChI=1S/C22H21BrFN3OS/c23-17-8-2-1-7-16(17)20-15-29-22(25-19-10-4-3-9-18(19)24)27(20)14-6-13-26-12-5-11-21(26)28/h1-4,7-10,15H,5-6,11-14H2. The number of carbonyl (C=O) groups excluding carboxylic acids is 1. The molecule has 0 atom stereocenters. The molecule has 29 heavy (non-hydrogen) atoms. The van der Waals surface area contributed by atoms with Gasteiger partial charge in [0.05, 0.1) is 5.69 Å². The summed E-state index contributed by atoms with van der Waals surface area (Å²) in [5.74, 6) is -0.0971. The lowest BCUT2D eigenvalue weighted by Gasteiger charge is -2.16. The van der Waals surface area contributed by atoms with E-state index < -0.39 is 0 Å². The Balaban J connectivity index is 1.69. The van der Waals surface area contributed by atoms with Crippen LogP contribution in [0.15, 0.2) is 63.4 Å². The molecule has 0 bridgehead atoms. The molecule has 0 saturated carbocycles. The maximum Gasteiger partial charge on any atom is 0.222 e. The third kappa shape index (κ3) is 4.51. The molecular weight excluding hydrogens is 453 g/mol. The van der Waals surface area contributed by atoms with E-state index in [2.05, 4.69) is 36.9 Å². The molecule has 0 N–H and O–H groups in total. The van der Waals surface area contributed by atoms with Gasteiger partial charge in [0.1, 0.15) is 11.5 Å². The number of para-hydroxylation sites is 1. The summed E-state index contributed by atoms with van der Waals surface area (Å²) in [7, 11) is 0. The average molecular weight is 474 g/mol. The monoisotopic (exact) mass is 473 g/mol. The van der Waals surface area contributed by atoms with Gasteiger partial charge in [0, 0.05) is 41.5 Å². The second-order valence-electron chi connectivity index (χ2n) is 6.94. The third-order valence-electron chi connectivity index (χ3n) is 5.00. The van der Waals surface area contributed by atoms with Gasteiger partial charge in [0.25, 0.3) is 0 Å². The summed E-state index contributed by atoms with van der Waals surface area (Å²) in [4.78, 5) is 19.2. The van der Waals surface area contributed by atoms with Crippen LogP contribution < -0.4 is 4.80 Å². The van der Waals surface area contributed by atoms with Crippen molar-refractivity contribution in [3.05, 3.63) is 69.0 Å². The molecule has 7 heteroatoms. The number of amides is 1. The molecule has 1 aliphatic heterocycles. The summed E-state index contributed by atoms with van der Waals surface area (Å²) >= 11 is 5.13. The lowest BCUT2D eigenvalue weighted by Crippen LogP contribution is -2.27. The minimum Gasteiger partial charge on any atom is -0.343 e. The Kier molecular flexibility index (Phi) is 6.25. The molecule has 0 spiro atoms. The first-order valence-electron chi connectivity index (χ1n) is 9.64. The van der Waals surface area contributed by atoms with Gasteiger partial charge in [-0.05, 0) is 31.0 Å². The summed E-state index contributed by atoms with van der Waals surface area (Å²) in [6.45, 7) is 2.28. The van der Waals surface area contributed by atoms with Crippen LogP contribution in [-0.4, -0.2) is 28.5 Å². The van der Waals surface area contributed by atoms with Crippen molar-refractivity contribution in [3.8, 4) is 11.3 Å². The highest BCUT2D eigenvalue weighted by atomic mass is 79.9. The zero-order chi connectivity index (χ0) is 20.2. The minimum atomic E-state index is -0.336. The highest BCUT2D eigenvalue weighted by Gasteiger charge is 2.19. The Labute approximate surface area is 181 Å². The Bertz CT molecular complexity index is 1090. The number of nitrogens with zero attached hydrogens (tertiary/aromatic N) is 3. The van der Waals surface area contributed by atoms with Crippen LogP contribution in [0.25, 0.3) is 11.3 Å². The predicted molar refractivity (Wildman–Crippen MR) is 117 cm³/mol. The van der Waals surface area contributed by atoms with Crippen LogP contribution in [0, 0.1) is 5.82 Å². The summed E-state index contributed by atoms with van der Waals surface area (Å²) in [5, 5.41) is 2.06. The van der Waals surface area contributed by atoms with Crippen LogP contribution in [0.4, 0.5) is 10.1 Å². The molecule has 4 nitrogen and oxygen atoms in total. The molecule has 1 saturated heterocycles. The first kappa shape index (κ1) is 20.0. The summed E-state index contributed by atoms with van der Waals surface area (Å²) in [5.41, 5.74) is 2.43. The van der Waals surface area contributed by atoms with Crippen LogP contribution >= 0.6 is 27.3 Å². The van der Waals surface area contributed by atoms with Gasteiger partial charge in [0.2, 0.25) is 5.91 Å². The molecular formula is C22H21BrFN3OS. The number of halogens is 2. The van der Waals surface area contributed by atoms with Crippen molar-refractivity contribution in [2.75, 3.05) is 13.1 Å². The van der Waals surface area contributed by atoms with E-state index in [4.69, 9.17) is 0 Å². The topological polar surface area (TPSA) is 37.6 Å². The molecule has 4 rings (SSSR count). The average Bonchev–Trinajstić information content (AvgIpc) is 3.31.